The van der Waals surface area contributed by atoms with Gasteiger partial charge in [-0.2, -0.15) is 0 Å². The summed E-state index contributed by atoms with van der Waals surface area (Å²) in [5, 5.41) is 20.1. The molecule has 0 spiro atoms. The average Bonchev–Trinajstić information content (AvgIpc) is 2.13. The summed E-state index contributed by atoms with van der Waals surface area (Å²) in [5.74, 6) is -2.59. The van der Waals surface area contributed by atoms with Crippen molar-refractivity contribution in [1.82, 2.24) is 0 Å². The molecule has 117 valence electrons. The largest absolute Gasteiger partial charge is 2.00 e. The van der Waals surface area contributed by atoms with Gasteiger partial charge in [0.05, 0.1) is 11.9 Å². The van der Waals surface area contributed by atoms with Crippen LogP contribution in [-0.4, -0.2) is 33.5 Å². The van der Waals surface area contributed by atoms with E-state index in [0.29, 0.717) is 0 Å². The van der Waals surface area contributed by atoms with E-state index in [0.717, 1.165) is 0 Å². The van der Waals surface area contributed by atoms with Crippen LogP contribution in [0.1, 0.15) is 30.5 Å². The molecular weight excluding hydrogens is 340 g/mol. The Morgan fingerprint density at radius 3 is 1.11 bits per heavy atom. The van der Waals surface area contributed by atoms with Gasteiger partial charge in [0, 0.05) is 12.1 Å². The molecule has 4 N–H and O–H groups in total. The molecule has 0 heterocycles. The molecule has 2 atom stereocenters. The van der Waals surface area contributed by atoms with Gasteiger partial charge in [-0.05, 0) is 0 Å². The zero-order valence-corrected chi connectivity index (χ0v) is 13.6. The van der Waals surface area contributed by atoms with Crippen molar-refractivity contribution in [2.75, 3.05) is 0 Å². The monoisotopic (exact) mass is 359 g/mol. The van der Waals surface area contributed by atoms with Crippen molar-refractivity contribution < 1.29 is 39.7 Å². The van der Waals surface area contributed by atoms with Gasteiger partial charge in [-0.1, -0.05) is 27.7 Å². The third kappa shape index (κ3) is 11.6. The molecule has 0 aromatic rings. The number of carboxylic acids is 2. The second-order valence-corrected chi connectivity index (χ2v) is 6.90. The fourth-order valence-corrected chi connectivity index (χ4v) is 0.760. The van der Waals surface area contributed by atoms with Crippen LogP contribution in [0.3, 0.4) is 0 Å². The number of hydrogen-bond acceptors (Lipinski definition) is 8. The molecule has 0 saturated heterocycles. The number of hydrogen-bond donors (Lipinski definition) is 2. The second kappa shape index (κ2) is 9.10. The molecule has 0 bridgehead atoms. The first-order chi connectivity index (χ1) is 7.71. The van der Waals surface area contributed by atoms with Gasteiger partial charge in [-0.25, -0.2) is 0 Å². The Hall–Kier alpha value is 0.0795. The van der Waals surface area contributed by atoms with E-state index in [2.05, 4.69) is 0 Å². The summed E-state index contributed by atoms with van der Waals surface area (Å²) in [6.07, 6.45) is 0. The van der Waals surface area contributed by atoms with Gasteiger partial charge in [0.15, 0.2) is 0 Å². The summed E-state index contributed by atoms with van der Waals surface area (Å²) in [4.78, 5) is 20.1. The first-order valence-corrected chi connectivity index (χ1v) is 5.86. The Kier molecular flexibility index (Phi) is 11.5. The molecular formula is C10H20CuN2O4S2. The van der Waals surface area contributed by atoms with Crippen molar-refractivity contribution in [3.8, 4) is 0 Å². The average molecular weight is 360 g/mol. The van der Waals surface area contributed by atoms with Crippen LogP contribution in [0.4, 0.5) is 0 Å². The van der Waals surface area contributed by atoms with E-state index in [1.165, 1.54) is 0 Å². The topological polar surface area (TPSA) is 132 Å². The predicted molar refractivity (Wildman–Crippen MR) is 71.1 cm³/mol. The van der Waals surface area contributed by atoms with Crippen molar-refractivity contribution in [2.24, 2.45) is 11.5 Å². The molecule has 0 aliphatic carbocycles. The van der Waals surface area contributed by atoms with E-state index in [1.807, 2.05) is 0 Å². The third-order valence-corrected chi connectivity index (χ3v) is 2.51. The molecule has 0 aromatic heterocycles. The molecule has 0 rings (SSSR count). The van der Waals surface area contributed by atoms with Crippen molar-refractivity contribution in [3.05, 3.63) is 0 Å². The summed E-state index contributed by atoms with van der Waals surface area (Å²) in [7, 11) is 0. The van der Waals surface area contributed by atoms with Crippen LogP contribution in [0.25, 0.3) is 0 Å². The maximum absolute atomic E-state index is 10.0. The molecule has 6 nitrogen and oxygen atoms in total. The number of nitrogens with two attached hydrogens (primary N) is 2. The Bertz CT molecular complexity index is 282. The third-order valence-electron chi connectivity index (χ3n) is 2.01. The van der Waals surface area contributed by atoms with Gasteiger partial charge < -0.3 is 56.5 Å². The fourth-order valence-electron chi connectivity index (χ4n) is 0.568. The Labute approximate surface area is 137 Å². The smallest absolute Gasteiger partial charge is 0.785 e. The summed E-state index contributed by atoms with van der Waals surface area (Å²) in [6.45, 7) is 6.29. The van der Waals surface area contributed by atoms with Crippen LogP contribution < -0.4 is 21.7 Å². The molecule has 0 aliphatic heterocycles. The maximum atomic E-state index is 10.0. The molecule has 1 radical (unpaired) electrons. The van der Waals surface area contributed by atoms with Gasteiger partial charge >= 0.3 is 19.9 Å². The van der Waals surface area contributed by atoms with Gasteiger partial charge in [-0.3, -0.25) is 0 Å². The normalized spacial score (nSPS) is 14.3. The number of carbonyl (C=O) groups excluding carboxylic acids is 2. The number of aliphatic carboxylic acids is 2. The molecule has 19 heavy (non-hydrogen) atoms. The van der Waals surface area contributed by atoms with E-state index in [-0.39, 0.29) is 19.9 Å². The van der Waals surface area contributed by atoms with E-state index >= 15 is 0 Å². The standard InChI is InChI=1S/2C5H11NO2S.Cu/c2*1-5(2,9)3(6)4(7)8;/h2*3,9H,6H2,1-2H3,(H,7,8);/q;;+2/p-2. The SMILES string of the molecule is CC(C)([S-])C(N)C(=O)[O-].CC(C)([S-])C(N)C(=O)[O-].[Cu+2].[H+].[H+]. The fraction of sp³-hybridized carbons (Fsp3) is 0.800. The maximum Gasteiger partial charge on any atom is 2.00 e. The number of carboxylic acid groups (broad SMARTS) is 2. The summed E-state index contributed by atoms with van der Waals surface area (Å²) in [6, 6.07) is -2.13. The quantitative estimate of drug-likeness (QED) is 0.401. The van der Waals surface area contributed by atoms with E-state index in [4.69, 9.17) is 36.7 Å². The molecule has 0 fully saturated rings. The van der Waals surface area contributed by atoms with Gasteiger partial charge in [0.1, 0.15) is 0 Å². The number of rotatable bonds is 4. The molecule has 0 amide bonds. The van der Waals surface area contributed by atoms with Crippen LogP contribution in [0.2, 0.25) is 0 Å². The minimum Gasteiger partial charge on any atom is -0.785 e. The van der Waals surface area contributed by atoms with Gasteiger partial charge in [0.2, 0.25) is 0 Å². The van der Waals surface area contributed by atoms with Crippen LogP contribution >= 0.6 is 0 Å². The van der Waals surface area contributed by atoms with Crippen molar-refractivity contribution in [1.29, 1.82) is 0 Å². The Balaban J connectivity index is -0.0000000711. The molecule has 2 unspecified atom stereocenters. The van der Waals surface area contributed by atoms with E-state index in [9.17, 15) is 19.8 Å². The summed E-state index contributed by atoms with van der Waals surface area (Å²) >= 11 is 9.48. The zero-order valence-electron chi connectivity index (χ0n) is 13.1. The van der Waals surface area contributed by atoms with Crippen molar-refractivity contribution in [2.45, 2.75) is 49.3 Å². The van der Waals surface area contributed by atoms with Gasteiger partial charge in [-0.15, -0.1) is 9.49 Å². The second-order valence-electron chi connectivity index (χ2n) is 4.80. The molecule has 9 heteroatoms. The Morgan fingerprint density at radius 2 is 1.11 bits per heavy atom. The van der Waals surface area contributed by atoms with Crippen molar-refractivity contribution in [3.63, 3.8) is 0 Å². The van der Waals surface area contributed by atoms with Crippen molar-refractivity contribution >= 4 is 37.2 Å². The first-order valence-electron chi connectivity index (χ1n) is 5.05. The molecule has 0 aliphatic rings. The zero-order chi connectivity index (χ0) is 15.3. The van der Waals surface area contributed by atoms with Gasteiger partial charge in [0.25, 0.3) is 0 Å². The van der Waals surface area contributed by atoms with Crippen LogP contribution in [0.5, 0.6) is 0 Å². The van der Waals surface area contributed by atoms with Crippen LogP contribution in [0, 0.1) is 0 Å². The summed E-state index contributed by atoms with van der Waals surface area (Å²) < 4.78 is -1.64. The molecule has 0 saturated carbocycles. The van der Waals surface area contributed by atoms with Crippen LogP contribution in [-0.2, 0) is 51.9 Å². The summed E-state index contributed by atoms with van der Waals surface area (Å²) in [5.41, 5.74) is 10.3. The first kappa shape index (κ1) is 24.1. The predicted octanol–water partition coefficient (Wildman–Crippen LogP) is -3.00. The number of carbonyl (C=O) groups is 2. The Morgan fingerprint density at radius 1 is 0.947 bits per heavy atom. The van der Waals surface area contributed by atoms with E-state index < -0.39 is 33.5 Å². The minimum absolute atomic E-state index is 0. The van der Waals surface area contributed by atoms with Crippen LogP contribution in [0.15, 0.2) is 0 Å². The van der Waals surface area contributed by atoms with E-state index in [1.54, 1.807) is 27.7 Å². The molecule has 0 aromatic carbocycles. The minimum atomic E-state index is -1.30.